The molecule has 0 saturated carbocycles. The van der Waals surface area contributed by atoms with Gasteiger partial charge in [0.1, 0.15) is 17.1 Å². The molecule has 0 bridgehead atoms. The predicted molar refractivity (Wildman–Crippen MR) is 140 cm³/mol. The monoisotopic (exact) mass is 521 g/mol. The fourth-order valence-electron chi connectivity index (χ4n) is 4.31. The number of carboxylic acid groups (broad SMARTS) is 1. The largest absolute Gasteiger partial charge is 0.508 e. The maximum atomic E-state index is 13.0. The Morgan fingerprint density at radius 1 is 1.00 bits per heavy atom. The van der Waals surface area contributed by atoms with Crippen LogP contribution in [0, 0.1) is 5.92 Å². The molecule has 3 N–H and O–H groups in total. The zero-order valence-electron chi connectivity index (χ0n) is 20.1. The fourth-order valence-corrected chi connectivity index (χ4v) is 4.49. The van der Waals surface area contributed by atoms with E-state index < -0.39 is 17.9 Å². The van der Waals surface area contributed by atoms with Crippen LogP contribution in [0.25, 0.3) is 33.4 Å². The van der Waals surface area contributed by atoms with E-state index in [-0.39, 0.29) is 56.8 Å². The number of rotatable bonds is 8. The van der Waals surface area contributed by atoms with Crippen molar-refractivity contribution >= 4 is 40.2 Å². The van der Waals surface area contributed by atoms with Gasteiger partial charge in [-0.25, -0.2) is 4.79 Å². The molecule has 2 aromatic rings. The number of aromatic hydroxyl groups is 1. The van der Waals surface area contributed by atoms with Gasteiger partial charge in [0.05, 0.1) is 17.5 Å². The van der Waals surface area contributed by atoms with Crippen molar-refractivity contribution in [1.29, 1.82) is 0 Å². The average molecular weight is 522 g/mol. The number of aromatic carboxylic acids is 1. The lowest BCUT2D eigenvalue weighted by Gasteiger charge is -2.20. The van der Waals surface area contributed by atoms with Crippen molar-refractivity contribution in [2.75, 3.05) is 5.88 Å². The molecule has 2 aliphatic rings. The van der Waals surface area contributed by atoms with E-state index in [1.54, 1.807) is 12.1 Å². The van der Waals surface area contributed by atoms with Crippen LogP contribution in [0.1, 0.15) is 41.0 Å². The maximum Gasteiger partial charge on any atom is 0.336 e. The molecular weight excluding hydrogens is 498 g/mol. The molecule has 1 aliphatic carbocycles. The molecule has 0 radical (unpaired) electrons. The summed E-state index contributed by atoms with van der Waals surface area (Å²) in [5.41, 5.74) is 1.10. The Bertz CT molecular complexity index is 1560. The van der Waals surface area contributed by atoms with Crippen LogP contribution in [-0.2, 0) is 4.79 Å². The van der Waals surface area contributed by atoms with Crippen LogP contribution >= 0.6 is 11.6 Å². The van der Waals surface area contributed by atoms with E-state index in [0.29, 0.717) is 22.9 Å². The number of carbonyl (C=O) groups is 3. The Kier molecular flexibility index (Phi) is 7.31. The maximum absolute atomic E-state index is 13.0. The molecule has 9 heteroatoms. The number of phenolic OH excluding ortho intramolecular Hbond substituents is 1. The number of benzene rings is 3. The minimum Gasteiger partial charge on any atom is -0.508 e. The third kappa shape index (κ3) is 5.34. The van der Waals surface area contributed by atoms with Gasteiger partial charge in [-0.3, -0.25) is 14.4 Å². The van der Waals surface area contributed by atoms with Crippen LogP contribution in [0.4, 0.5) is 0 Å². The summed E-state index contributed by atoms with van der Waals surface area (Å²) in [4.78, 5) is 49.6. The van der Waals surface area contributed by atoms with Gasteiger partial charge in [0.15, 0.2) is 11.2 Å². The number of Topliss-reactive ketones (excluding diaryl/α,β-unsaturated/α-hetero) is 1. The van der Waals surface area contributed by atoms with Crippen LogP contribution < -0.4 is 10.7 Å². The zero-order valence-corrected chi connectivity index (χ0v) is 20.8. The lowest BCUT2D eigenvalue weighted by molar-refractivity contribution is -0.118. The summed E-state index contributed by atoms with van der Waals surface area (Å²) in [6.45, 7) is 3.82. The zero-order chi connectivity index (χ0) is 26.9. The van der Waals surface area contributed by atoms with E-state index in [1.165, 1.54) is 42.5 Å². The predicted octanol–water partition coefficient (Wildman–Crippen LogP) is 4.92. The Morgan fingerprint density at radius 3 is 2.41 bits per heavy atom. The summed E-state index contributed by atoms with van der Waals surface area (Å²) in [5, 5.41) is 23.2. The molecule has 1 aliphatic heterocycles. The third-order valence-electron chi connectivity index (χ3n) is 5.99. The Labute approximate surface area is 216 Å². The van der Waals surface area contributed by atoms with Crippen LogP contribution in [0.3, 0.4) is 0 Å². The first-order chi connectivity index (χ1) is 17.6. The van der Waals surface area contributed by atoms with Crippen LogP contribution in [0.5, 0.6) is 5.75 Å². The number of phenols is 1. The third-order valence-corrected chi connectivity index (χ3v) is 6.25. The molecule has 0 aromatic heterocycles. The van der Waals surface area contributed by atoms with Crippen molar-refractivity contribution in [2.24, 2.45) is 5.92 Å². The van der Waals surface area contributed by atoms with E-state index in [9.17, 15) is 29.4 Å². The molecule has 0 spiro atoms. The topological polar surface area (TPSA) is 134 Å². The number of fused-ring (bicyclic) bond motifs is 2. The summed E-state index contributed by atoms with van der Waals surface area (Å²) >= 11 is 5.71. The number of hydrogen-bond acceptors (Lipinski definition) is 6. The van der Waals surface area contributed by atoms with Gasteiger partial charge in [0.25, 0.3) is 5.91 Å². The number of carbonyl (C=O) groups excluding carboxylic acids is 2. The highest BCUT2D eigenvalue weighted by Gasteiger charge is 2.25. The number of amides is 1. The Hall–Kier alpha value is -4.17. The van der Waals surface area contributed by atoms with Crippen molar-refractivity contribution in [3.05, 3.63) is 75.9 Å². The highest BCUT2D eigenvalue weighted by atomic mass is 35.5. The molecular formula is C28H24ClNO7. The van der Waals surface area contributed by atoms with Gasteiger partial charge in [-0.15, -0.1) is 11.6 Å². The van der Waals surface area contributed by atoms with Crippen molar-refractivity contribution < 1.29 is 29.0 Å². The number of nitrogens with one attached hydrogen (secondary N) is 1. The van der Waals surface area contributed by atoms with Gasteiger partial charge in [0.2, 0.25) is 0 Å². The van der Waals surface area contributed by atoms with Crippen LogP contribution in [0.15, 0.2) is 63.8 Å². The molecule has 8 nitrogen and oxygen atoms in total. The van der Waals surface area contributed by atoms with Crippen molar-refractivity contribution in [2.45, 2.75) is 26.3 Å². The van der Waals surface area contributed by atoms with Gasteiger partial charge >= 0.3 is 5.97 Å². The van der Waals surface area contributed by atoms with Gasteiger partial charge < -0.3 is 19.9 Å². The lowest BCUT2D eigenvalue weighted by Crippen LogP contribution is -2.42. The van der Waals surface area contributed by atoms with Gasteiger partial charge in [-0.2, -0.15) is 0 Å². The molecule has 190 valence electrons. The quantitative estimate of drug-likeness (QED) is 0.221. The fraction of sp³-hybridized carbons (Fsp3) is 0.214. The molecule has 2 aromatic carbocycles. The molecule has 1 unspecified atom stereocenters. The standard InChI is InChI=1S/C28H24ClNO7/c1-14(2)9-22(23(33)13-29)30-27(34)15-3-6-18(21(10-15)28(35)36)26-19-7-4-16(31)11-24(19)37-25-12-17(32)5-8-20(25)26/h3-8,10-12,14,22,31H,9,13H2,1-2H3,(H,30,34)(H,35,36). The van der Waals surface area contributed by atoms with Crippen molar-refractivity contribution in [3.63, 3.8) is 0 Å². The first-order valence-electron chi connectivity index (χ1n) is 11.6. The number of alkyl halides is 1. The molecule has 37 heavy (non-hydrogen) atoms. The van der Waals surface area contributed by atoms with E-state index in [4.69, 9.17) is 16.0 Å². The Balaban J connectivity index is 1.87. The summed E-state index contributed by atoms with van der Waals surface area (Å²) in [6, 6.07) is 12.0. The van der Waals surface area contributed by atoms with E-state index in [0.717, 1.165) is 0 Å². The van der Waals surface area contributed by atoms with Gasteiger partial charge in [0, 0.05) is 34.2 Å². The molecule has 0 fully saturated rings. The van der Waals surface area contributed by atoms with Crippen molar-refractivity contribution in [1.82, 2.24) is 5.32 Å². The van der Waals surface area contributed by atoms with Crippen LogP contribution in [0.2, 0.25) is 0 Å². The highest BCUT2D eigenvalue weighted by molar-refractivity contribution is 6.28. The van der Waals surface area contributed by atoms with Crippen LogP contribution in [-0.4, -0.2) is 39.8 Å². The smallest absolute Gasteiger partial charge is 0.336 e. The summed E-state index contributed by atoms with van der Waals surface area (Å²) in [7, 11) is 0. The molecule has 1 amide bonds. The van der Waals surface area contributed by atoms with E-state index in [1.807, 2.05) is 13.8 Å². The normalized spacial score (nSPS) is 12.1. The molecule has 1 atom stereocenters. The number of halogens is 1. The number of ketones is 1. The average Bonchev–Trinajstić information content (AvgIpc) is 2.85. The summed E-state index contributed by atoms with van der Waals surface area (Å²) in [5.74, 6) is -2.18. The van der Waals surface area contributed by atoms with Gasteiger partial charge in [-0.1, -0.05) is 19.9 Å². The Morgan fingerprint density at radius 2 is 1.73 bits per heavy atom. The lowest BCUT2D eigenvalue weighted by atomic mass is 9.89. The second-order valence-electron chi connectivity index (χ2n) is 9.14. The molecule has 4 rings (SSSR count). The summed E-state index contributed by atoms with van der Waals surface area (Å²) < 4.78 is 5.83. The molecule has 1 heterocycles. The first-order valence-corrected chi connectivity index (χ1v) is 12.1. The SMILES string of the molecule is CC(C)CC(NC(=O)c1ccc(-c2c3ccc(=O)cc-3oc3cc(O)ccc23)c(C(=O)O)c1)C(=O)CCl. The first kappa shape index (κ1) is 25.9. The minimum atomic E-state index is -1.28. The summed E-state index contributed by atoms with van der Waals surface area (Å²) in [6.07, 6.45) is 0.390. The number of carboxylic acids is 1. The van der Waals surface area contributed by atoms with E-state index >= 15 is 0 Å². The minimum absolute atomic E-state index is 0.0611. The van der Waals surface area contributed by atoms with E-state index in [2.05, 4.69) is 5.32 Å². The highest BCUT2D eigenvalue weighted by Crippen LogP contribution is 2.42. The second kappa shape index (κ2) is 10.4. The number of hydrogen-bond donors (Lipinski definition) is 3. The second-order valence-corrected chi connectivity index (χ2v) is 9.40. The van der Waals surface area contributed by atoms with Crippen molar-refractivity contribution in [3.8, 4) is 28.2 Å². The van der Waals surface area contributed by atoms with Gasteiger partial charge in [-0.05, 0) is 54.3 Å². The molecule has 0 saturated heterocycles.